The van der Waals surface area contributed by atoms with Crippen LogP contribution in [-0.4, -0.2) is 26.2 Å². The van der Waals surface area contributed by atoms with Crippen molar-refractivity contribution in [1.29, 1.82) is 0 Å². The lowest BCUT2D eigenvalue weighted by Crippen LogP contribution is -2.28. The fraction of sp³-hybridized carbons (Fsp3) is 0.857. The summed E-state index contributed by atoms with van der Waals surface area (Å²) in [7, 11) is 0. The fourth-order valence-electron chi connectivity index (χ4n) is 2.08. The van der Waals surface area contributed by atoms with Crippen LogP contribution in [0.15, 0.2) is 12.2 Å². The molecule has 0 saturated carbocycles. The second-order valence-corrected chi connectivity index (χ2v) is 5.31. The Labute approximate surface area is 101 Å². The monoisotopic (exact) mass is 224 g/mol. The Bertz CT molecular complexity index is 187. The Morgan fingerprint density at radius 1 is 1.19 bits per heavy atom. The summed E-state index contributed by atoms with van der Waals surface area (Å²) in [6, 6.07) is 0. The smallest absolute Gasteiger partial charge is 0.00174 e. The molecular weight excluding hydrogens is 196 g/mol. The van der Waals surface area contributed by atoms with Gasteiger partial charge in [-0.25, -0.2) is 0 Å². The van der Waals surface area contributed by atoms with Crippen LogP contribution in [0.2, 0.25) is 0 Å². The number of nitrogens with one attached hydrogen (secondary N) is 2. The highest BCUT2D eigenvalue weighted by molar-refractivity contribution is 4.90. The fourth-order valence-corrected chi connectivity index (χ4v) is 2.08. The van der Waals surface area contributed by atoms with Crippen LogP contribution >= 0.6 is 0 Å². The van der Waals surface area contributed by atoms with Crippen molar-refractivity contribution in [3.05, 3.63) is 12.2 Å². The maximum Gasteiger partial charge on any atom is -0.00174 e. The van der Waals surface area contributed by atoms with Gasteiger partial charge < -0.3 is 10.6 Å². The van der Waals surface area contributed by atoms with Crippen LogP contribution in [0.4, 0.5) is 0 Å². The average Bonchev–Trinajstić information content (AvgIpc) is 2.29. The van der Waals surface area contributed by atoms with Crippen molar-refractivity contribution in [2.24, 2.45) is 11.8 Å². The zero-order valence-electron chi connectivity index (χ0n) is 11.0. The van der Waals surface area contributed by atoms with E-state index in [4.69, 9.17) is 0 Å². The van der Waals surface area contributed by atoms with Crippen LogP contribution < -0.4 is 10.6 Å². The van der Waals surface area contributed by atoms with Crippen molar-refractivity contribution in [1.82, 2.24) is 10.6 Å². The highest BCUT2D eigenvalue weighted by Gasteiger charge is 2.08. The molecule has 1 aliphatic rings. The van der Waals surface area contributed by atoms with E-state index in [9.17, 15) is 0 Å². The van der Waals surface area contributed by atoms with Gasteiger partial charge in [-0.15, -0.1) is 0 Å². The largest absolute Gasteiger partial charge is 0.316 e. The van der Waals surface area contributed by atoms with Gasteiger partial charge in [-0.3, -0.25) is 0 Å². The van der Waals surface area contributed by atoms with Gasteiger partial charge in [0, 0.05) is 0 Å². The molecule has 1 aliphatic carbocycles. The molecule has 0 aromatic heterocycles. The molecule has 1 atom stereocenters. The van der Waals surface area contributed by atoms with E-state index in [1.807, 2.05) is 0 Å². The molecule has 0 saturated heterocycles. The summed E-state index contributed by atoms with van der Waals surface area (Å²) in [6.07, 6.45) is 9.82. The number of hydrogen-bond acceptors (Lipinski definition) is 2. The first-order chi connectivity index (χ1) is 7.79. The normalized spacial score (nSPS) is 20.6. The van der Waals surface area contributed by atoms with Gasteiger partial charge in [0.15, 0.2) is 0 Å². The molecule has 0 amide bonds. The second-order valence-electron chi connectivity index (χ2n) is 5.31. The van der Waals surface area contributed by atoms with Crippen molar-refractivity contribution in [3.8, 4) is 0 Å². The minimum absolute atomic E-state index is 0.766. The van der Waals surface area contributed by atoms with Gasteiger partial charge in [0.05, 0.1) is 0 Å². The molecule has 1 rings (SSSR count). The predicted molar refractivity (Wildman–Crippen MR) is 71.7 cm³/mol. The Morgan fingerprint density at radius 3 is 2.69 bits per heavy atom. The number of hydrogen-bond donors (Lipinski definition) is 2. The van der Waals surface area contributed by atoms with Crippen LogP contribution in [-0.2, 0) is 0 Å². The topological polar surface area (TPSA) is 24.1 Å². The van der Waals surface area contributed by atoms with E-state index in [0.717, 1.165) is 31.5 Å². The van der Waals surface area contributed by atoms with E-state index in [0.29, 0.717) is 0 Å². The van der Waals surface area contributed by atoms with E-state index in [-0.39, 0.29) is 0 Å². The van der Waals surface area contributed by atoms with Gasteiger partial charge in [0.2, 0.25) is 0 Å². The van der Waals surface area contributed by atoms with Gasteiger partial charge in [-0.1, -0.05) is 26.0 Å². The molecule has 0 aliphatic heterocycles. The summed E-state index contributed by atoms with van der Waals surface area (Å²) in [5, 5.41) is 7.04. The minimum Gasteiger partial charge on any atom is -0.316 e. The Kier molecular flexibility index (Phi) is 7.52. The Hall–Kier alpha value is -0.340. The molecule has 0 radical (unpaired) electrons. The first kappa shape index (κ1) is 13.7. The van der Waals surface area contributed by atoms with Crippen molar-refractivity contribution in [2.45, 2.75) is 39.5 Å². The van der Waals surface area contributed by atoms with E-state index in [1.165, 1.54) is 32.2 Å². The first-order valence-corrected chi connectivity index (χ1v) is 6.85. The summed E-state index contributed by atoms with van der Waals surface area (Å²) in [5.41, 5.74) is 0. The summed E-state index contributed by atoms with van der Waals surface area (Å²) in [4.78, 5) is 0. The van der Waals surface area contributed by atoms with Crippen LogP contribution in [0.25, 0.3) is 0 Å². The molecule has 0 aromatic rings. The quantitative estimate of drug-likeness (QED) is 0.489. The molecule has 16 heavy (non-hydrogen) atoms. The lowest BCUT2D eigenvalue weighted by molar-refractivity contribution is 0.435. The van der Waals surface area contributed by atoms with Gasteiger partial charge in [0.25, 0.3) is 0 Å². The van der Waals surface area contributed by atoms with Crippen molar-refractivity contribution >= 4 is 0 Å². The third-order valence-corrected chi connectivity index (χ3v) is 3.07. The first-order valence-electron chi connectivity index (χ1n) is 6.85. The van der Waals surface area contributed by atoms with Crippen molar-refractivity contribution in [2.75, 3.05) is 26.2 Å². The maximum atomic E-state index is 3.57. The summed E-state index contributed by atoms with van der Waals surface area (Å²) in [6.45, 7) is 9.16. The highest BCUT2D eigenvalue weighted by atomic mass is 14.9. The molecule has 0 aromatic carbocycles. The van der Waals surface area contributed by atoms with E-state index >= 15 is 0 Å². The van der Waals surface area contributed by atoms with Crippen LogP contribution in [0, 0.1) is 11.8 Å². The molecule has 2 heteroatoms. The van der Waals surface area contributed by atoms with Crippen molar-refractivity contribution < 1.29 is 0 Å². The Morgan fingerprint density at radius 2 is 2.00 bits per heavy atom. The molecule has 2 nitrogen and oxygen atoms in total. The van der Waals surface area contributed by atoms with Gasteiger partial charge in [-0.2, -0.15) is 0 Å². The maximum absolute atomic E-state index is 3.57. The molecule has 1 unspecified atom stereocenters. The molecule has 2 N–H and O–H groups in total. The third-order valence-electron chi connectivity index (χ3n) is 3.07. The van der Waals surface area contributed by atoms with Crippen molar-refractivity contribution in [3.63, 3.8) is 0 Å². The molecule has 0 fully saturated rings. The molecule has 0 bridgehead atoms. The van der Waals surface area contributed by atoms with Gasteiger partial charge in [0.1, 0.15) is 0 Å². The molecular formula is C14H28N2. The lowest BCUT2D eigenvalue weighted by atomic mass is 9.94. The van der Waals surface area contributed by atoms with Crippen LogP contribution in [0.5, 0.6) is 0 Å². The molecule has 0 heterocycles. The van der Waals surface area contributed by atoms with Gasteiger partial charge >= 0.3 is 0 Å². The lowest BCUT2D eigenvalue weighted by Gasteiger charge is -2.18. The van der Waals surface area contributed by atoms with Crippen LogP contribution in [0.3, 0.4) is 0 Å². The number of rotatable bonds is 8. The minimum atomic E-state index is 0.766. The predicted octanol–water partition coefficient (Wildman–Crippen LogP) is 2.57. The summed E-state index contributed by atoms with van der Waals surface area (Å²) >= 11 is 0. The van der Waals surface area contributed by atoms with Crippen LogP contribution in [0.1, 0.15) is 39.5 Å². The average molecular weight is 224 g/mol. The van der Waals surface area contributed by atoms with E-state index in [2.05, 4.69) is 36.6 Å². The van der Waals surface area contributed by atoms with E-state index in [1.54, 1.807) is 0 Å². The standard InChI is InChI=1S/C14H28N2/c1-13(2)11-15-9-6-10-16-12-14-7-4-3-5-8-14/h3-4,13-16H,5-12H2,1-2H3. The molecule has 94 valence electrons. The Balaban J connectivity index is 1.82. The third kappa shape index (κ3) is 7.02. The summed E-state index contributed by atoms with van der Waals surface area (Å²) in [5.74, 6) is 1.65. The zero-order chi connectivity index (χ0) is 11.6. The zero-order valence-corrected chi connectivity index (χ0v) is 11.0. The summed E-state index contributed by atoms with van der Waals surface area (Å²) < 4.78 is 0. The van der Waals surface area contributed by atoms with E-state index < -0.39 is 0 Å². The SMILES string of the molecule is CC(C)CNCCCNCC1CC=CCC1. The van der Waals surface area contributed by atoms with Gasteiger partial charge in [-0.05, 0) is 63.7 Å². The number of allylic oxidation sites excluding steroid dienone is 2. The highest BCUT2D eigenvalue weighted by Crippen LogP contribution is 2.16. The second kappa shape index (κ2) is 8.77. The molecule has 0 spiro atoms.